The first kappa shape index (κ1) is 23.3. The third-order valence-corrected chi connectivity index (χ3v) is 5.04. The summed E-state index contributed by atoms with van der Waals surface area (Å²) in [6.45, 7) is 0.454. The van der Waals surface area contributed by atoms with Crippen molar-refractivity contribution in [3.8, 4) is 28.9 Å². The standard InChI is InChI=1S/C22H13ClN4O8/c23-13-1-3-15(17(8-13)26(29)30)19-4-2-14(35-19)7-12(11-24)22(28)25-16-9-20-21(34-6-5-33-20)10-18(16)27(31)32/h1-4,7-10H,5-6H2,(H,25,28)/b12-7+. The number of benzene rings is 2. The van der Waals surface area contributed by atoms with Gasteiger partial charge in [-0.15, -0.1) is 0 Å². The van der Waals surface area contributed by atoms with E-state index in [0.29, 0.717) is 0 Å². The number of rotatable bonds is 6. The summed E-state index contributed by atoms with van der Waals surface area (Å²) in [7, 11) is 0. The Morgan fingerprint density at radius 2 is 1.71 bits per heavy atom. The van der Waals surface area contributed by atoms with Gasteiger partial charge in [0.2, 0.25) is 0 Å². The van der Waals surface area contributed by atoms with E-state index in [1.807, 2.05) is 0 Å². The molecule has 13 heteroatoms. The lowest BCUT2D eigenvalue weighted by Crippen LogP contribution is -2.18. The van der Waals surface area contributed by atoms with Crippen molar-refractivity contribution in [3.63, 3.8) is 0 Å². The molecule has 12 nitrogen and oxygen atoms in total. The lowest BCUT2D eigenvalue weighted by atomic mass is 10.1. The lowest BCUT2D eigenvalue weighted by molar-refractivity contribution is -0.384. The first-order valence-corrected chi connectivity index (χ1v) is 10.2. The molecule has 1 aliphatic rings. The van der Waals surface area contributed by atoms with Crippen LogP contribution in [0.15, 0.2) is 52.5 Å². The van der Waals surface area contributed by atoms with Crippen LogP contribution in [-0.2, 0) is 4.79 Å². The highest BCUT2D eigenvalue weighted by Crippen LogP contribution is 2.39. The highest BCUT2D eigenvalue weighted by atomic mass is 35.5. The van der Waals surface area contributed by atoms with Gasteiger partial charge in [-0.3, -0.25) is 25.0 Å². The molecule has 0 saturated heterocycles. The Morgan fingerprint density at radius 3 is 2.37 bits per heavy atom. The summed E-state index contributed by atoms with van der Waals surface area (Å²) >= 11 is 5.83. The van der Waals surface area contributed by atoms with Crippen molar-refractivity contribution in [3.05, 3.63) is 79.0 Å². The quantitative estimate of drug-likeness (QED) is 0.219. The van der Waals surface area contributed by atoms with Crippen LogP contribution in [0.1, 0.15) is 5.76 Å². The summed E-state index contributed by atoms with van der Waals surface area (Å²) < 4.78 is 16.3. The number of nitrogens with zero attached hydrogens (tertiary/aromatic N) is 3. The number of halogens is 1. The molecule has 0 saturated carbocycles. The number of nitro benzene ring substituents is 2. The van der Waals surface area contributed by atoms with E-state index < -0.39 is 27.0 Å². The Kier molecular flexibility index (Phi) is 6.34. The van der Waals surface area contributed by atoms with Crippen LogP contribution in [0, 0.1) is 31.6 Å². The molecule has 0 atom stereocenters. The maximum Gasteiger partial charge on any atom is 0.296 e. The number of furan rings is 1. The summed E-state index contributed by atoms with van der Waals surface area (Å²) in [5.41, 5.74) is -1.21. The van der Waals surface area contributed by atoms with Gasteiger partial charge < -0.3 is 19.2 Å². The average molecular weight is 497 g/mol. The van der Waals surface area contributed by atoms with E-state index >= 15 is 0 Å². The third kappa shape index (κ3) is 4.90. The molecule has 0 radical (unpaired) electrons. The second kappa shape index (κ2) is 9.54. The van der Waals surface area contributed by atoms with Crippen LogP contribution in [0.25, 0.3) is 17.4 Å². The van der Waals surface area contributed by atoms with E-state index in [4.69, 9.17) is 25.5 Å². The fourth-order valence-corrected chi connectivity index (χ4v) is 3.42. The van der Waals surface area contributed by atoms with Crippen LogP contribution in [-0.4, -0.2) is 29.0 Å². The van der Waals surface area contributed by atoms with Gasteiger partial charge in [-0.25, -0.2) is 0 Å². The second-order valence-electron chi connectivity index (χ2n) is 7.01. The molecule has 1 aromatic heterocycles. The van der Waals surface area contributed by atoms with Gasteiger partial charge in [-0.1, -0.05) is 11.6 Å². The van der Waals surface area contributed by atoms with E-state index in [2.05, 4.69) is 5.32 Å². The zero-order chi connectivity index (χ0) is 25.1. The molecule has 35 heavy (non-hydrogen) atoms. The number of nitriles is 1. The van der Waals surface area contributed by atoms with Crippen molar-refractivity contribution in [2.24, 2.45) is 0 Å². The lowest BCUT2D eigenvalue weighted by Gasteiger charge is -2.19. The average Bonchev–Trinajstić information content (AvgIpc) is 3.30. The monoisotopic (exact) mass is 496 g/mol. The zero-order valence-corrected chi connectivity index (χ0v) is 18.3. The van der Waals surface area contributed by atoms with E-state index in [1.165, 1.54) is 36.4 Å². The number of hydrogen-bond acceptors (Lipinski definition) is 9. The summed E-state index contributed by atoms with van der Waals surface area (Å²) in [5.74, 6) is -0.411. The zero-order valence-electron chi connectivity index (χ0n) is 17.5. The SMILES string of the molecule is N#C/C(=C\c1ccc(-c2ccc(Cl)cc2[N+](=O)[O-])o1)C(=O)Nc1cc2c(cc1[N+](=O)[O-])OCCO2. The van der Waals surface area contributed by atoms with Gasteiger partial charge >= 0.3 is 0 Å². The van der Waals surface area contributed by atoms with Gasteiger partial charge in [0.25, 0.3) is 17.3 Å². The fraction of sp³-hybridized carbons (Fsp3) is 0.0909. The van der Waals surface area contributed by atoms with Crippen LogP contribution < -0.4 is 14.8 Å². The molecule has 0 bridgehead atoms. The summed E-state index contributed by atoms with van der Waals surface area (Å²) in [6.07, 6.45) is 1.10. The van der Waals surface area contributed by atoms with Crippen LogP contribution in [0.5, 0.6) is 11.5 Å². The predicted molar refractivity (Wildman–Crippen MR) is 122 cm³/mol. The minimum atomic E-state index is -0.942. The van der Waals surface area contributed by atoms with Gasteiger partial charge in [-0.05, 0) is 24.3 Å². The number of ether oxygens (including phenoxy) is 2. The van der Waals surface area contributed by atoms with Gasteiger partial charge in [0.1, 0.15) is 42.1 Å². The highest BCUT2D eigenvalue weighted by Gasteiger charge is 2.25. The third-order valence-electron chi connectivity index (χ3n) is 4.81. The smallest absolute Gasteiger partial charge is 0.296 e. The molecular weight excluding hydrogens is 484 g/mol. The Labute approximate surface area is 201 Å². The Bertz CT molecular complexity index is 1440. The molecule has 1 aliphatic heterocycles. The van der Waals surface area contributed by atoms with Crippen molar-refractivity contribution < 1.29 is 28.5 Å². The normalized spacial score (nSPS) is 12.5. The fourth-order valence-electron chi connectivity index (χ4n) is 3.25. The molecule has 2 aromatic carbocycles. The van der Waals surface area contributed by atoms with Crippen LogP contribution >= 0.6 is 11.6 Å². The van der Waals surface area contributed by atoms with E-state index in [1.54, 1.807) is 6.07 Å². The molecule has 176 valence electrons. The van der Waals surface area contributed by atoms with Crippen molar-refractivity contribution in [2.75, 3.05) is 18.5 Å². The second-order valence-corrected chi connectivity index (χ2v) is 7.45. The van der Waals surface area contributed by atoms with Gasteiger partial charge in [-0.2, -0.15) is 5.26 Å². The van der Waals surface area contributed by atoms with Crippen molar-refractivity contribution >= 4 is 40.6 Å². The number of nitrogens with one attached hydrogen (secondary N) is 1. The molecular formula is C22H13ClN4O8. The minimum absolute atomic E-state index is 0.0487. The minimum Gasteiger partial charge on any atom is -0.486 e. The topological polar surface area (TPSA) is 171 Å². The Hall–Kier alpha value is -4.89. The molecule has 3 aromatic rings. The number of carbonyl (C=O) groups is 1. The highest BCUT2D eigenvalue weighted by molar-refractivity contribution is 6.30. The summed E-state index contributed by atoms with van der Waals surface area (Å²) in [4.78, 5) is 34.2. The molecule has 1 amide bonds. The number of hydrogen-bond donors (Lipinski definition) is 1. The van der Waals surface area contributed by atoms with Gasteiger partial charge in [0.15, 0.2) is 11.5 Å². The maximum atomic E-state index is 12.7. The van der Waals surface area contributed by atoms with Gasteiger partial charge in [0.05, 0.1) is 21.5 Å². The first-order valence-electron chi connectivity index (χ1n) is 9.82. The van der Waals surface area contributed by atoms with Crippen LogP contribution in [0.3, 0.4) is 0 Å². The number of anilines is 1. The number of carbonyl (C=O) groups excluding carboxylic acids is 1. The maximum absolute atomic E-state index is 12.7. The first-order chi connectivity index (χ1) is 16.8. The van der Waals surface area contributed by atoms with E-state index in [9.17, 15) is 30.3 Å². The predicted octanol–water partition coefficient (Wildman–Crippen LogP) is 4.73. The molecule has 0 unspecified atom stereocenters. The van der Waals surface area contributed by atoms with Gasteiger partial charge in [0, 0.05) is 23.2 Å². The molecule has 0 aliphatic carbocycles. The molecule has 2 heterocycles. The van der Waals surface area contributed by atoms with Crippen LogP contribution in [0.2, 0.25) is 5.02 Å². The van der Waals surface area contributed by atoms with E-state index in [0.717, 1.165) is 12.1 Å². The molecule has 0 spiro atoms. The molecule has 4 rings (SSSR count). The molecule has 0 fully saturated rings. The number of fused-ring (bicyclic) bond motifs is 1. The van der Waals surface area contributed by atoms with Crippen molar-refractivity contribution in [1.82, 2.24) is 0 Å². The summed E-state index contributed by atoms with van der Waals surface area (Å²) in [6, 6.07) is 10.9. The van der Waals surface area contributed by atoms with E-state index in [-0.39, 0.29) is 58.2 Å². The largest absolute Gasteiger partial charge is 0.486 e. The Balaban J connectivity index is 1.62. The van der Waals surface area contributed by atoms with Crippen LogP contribution in [0.4, 0.5) is 17.1 Å². The molecule has 1 N–H and O–H groups in total. The van der Waals surface area contributed by atoms with Crippen molar-refractivity contribution in [1.29, 1.82) is 5.26 Å². The number of nitro groups is 2. The van der Waals surface area contributed by atoms with Crippen molar-refractivity contribution in [2.45, 2.75) is 0 Å². The number of amides is 1. The Morgan fingerprint density at radius 1 is 1.03 bits per heavy atom. The summed E-state index contributed by atoms with van der Waals surface area (Å²) in [5, 5.41) is 34.8.